The summed E-state index contributed by atoms with van der Waals surface area (Å²) < 4.78 is 5.44. The van der Waals surface area contributed by atoms with E-state index in [0.717, 1.165) is 12.0 Å². The lowest BCUT2D eigenvalue weighted by Gasteiger charge is -2.31. The lowest BCUT2D eigenvalue weighted by atomic mass is 10.1. The van der Waals surface area contributed by atoms with Gasteiger partial charge in [-0.1, -0.05) is 12.1 Å². The predicted molar refractivity (Wildman–Crippen MR) is 70.5 cm³/mol. The molecule has 98 valence electrons. The van der Waals surface area contributed by atoms with E-state index >= 15 is 0 Å². The van der Waals surface area contributed by atoms with Crippen LogP contribution in [-0.4, -0.2) is 43.2 Å². The molecule has 2 N–H and O–H groups in total. The number of hydrogen-bond donors (Lipinski definition) is 1. The third-order valence-corrected chi connectivity index (χ3v) is 3.16. The van der Waals surface area contributed by atoms with Crippen molar-refractivity contribution in [2.75, 3.05) is 26.2 Å². The van der Waals surface area contributed by atoms with Gasteiger partial charge in [-0.05, 0) is 37.6 Å². The fourth-order valence-electron chi connectivity index (χ4n) is 2.17. The molecule has 0 aliphatic carbocycles. The first kappa shape index (κ1) is 13.1. The van der Waals surface area contributed by atoms with Crippen LogP contribution in [0.3, 0.4) is 0 Å². The Kier molecular flexibility index (Phi) is 4.33. The van der Waals surface area contributed by atoms with Gasteiger partial charge < -0.3 is 15.4 Å². The molecule has 1 unspecified atom stereocenters. The highest BCUT2D eigenvalue weighted by molar-refractivity contribution is 5.94. The molecule has 1 aromatic rings. The van der Waals surface area contributed by atoms with E-state index in [2.05, 4.69) is 0 Å². The van der Waals surface area contributed by atoms with E-state index in [1.807, 2.05) is 36.1 Å². The van der Waals surface area contributed by atoms with Crippen molar-refractivity contribution in [3.8, 4) is 0 Å². The molecule has 1 fully saturated rings. The quantitative estimate of drug-likeness (QED) is 0.870. The molecular weight excluding hydrogens is 228 g/mol. The van der Waals surface area contributed by atoms with Crippen molar-refractivity contribution < 1.29 is 9.53 Å². The Hall–Kier alpha value is -1.39. The molecule has 4 nitrogen and oxygen atoms in total. The molecule has 2 rings (SSSR count). The van der Waals surface area contributed by atoms with Gasteiger partial charge in [-0.15, -0.1) is 0 Å². The summed E-state index contributed by atoms with van der Waals surface area (Å²) in [5.41, 5.74) is 7.41. The van der Waals surface area contributed by atoms with Crippen LogP contribution in [-0.2, 0) is 11.2 Å². The van der Waals surface area contributed by atoms with E-state index < -0.39 is 0 Å². The van der Waals surface area contributed by atoms with E-state index in [-0.39, 0.29) is 12.0 Å². The number of carbonyl (C=O) groups is 1. The van der Waals surface area contributed by atoms with Crippen LogP contribution in [0.5, 0.6) is 0 Å². The molecule has 1 aromatic carbocycles. The number of ether oxygens (including phenoxy) is 1. The van der Waals surface area contributed by atoms with Gasteiger partial charge in [0.15, 0.2) is 0 Å². The standard InChI is InChI=1S/C14H20N2O2/c1-11-10-16(8-9-18-11)14(17)13-4-2-12(3-5-13)6-7-15/h2-5,11H,6-10,15H2,1H3. The van der Waals surface area contributed by atoms with Crippen molar-refractivity contribution in [3.63, 3.8) is 0 Å². The molecule has 1 saturated heterocycles. The molecule has 1 aliphatic heterocycles. The Morgan fingerprint density at radius 1 is 1.44 bits per heavy atom. The van der Waals surface area contributed by atoms with E-state index in [4.69, 9.17) is 10.5 Å². The fraction of sp³-hybridized carbons (Fsp3) is 0.500. The third-order valence-electron chi connectivity index (χ3n) is 3.16. The first-order valence-corrected chi connectivity index (χ1v) is 6.40. The zero-order chi connectivity index (χ0) is 13.0. The zero-order valence-electron chi connectivity index (χ0n) is 10.8. The predicted octanol–water partition coefficient (Wildman–Crippen LogP) is 1.05. The monoisotopic (exact) mass is 248 g/mol. The zero-order valence-corrected chi connectivity index (χ0v) is 10.8. The highest BCUT2D eigenvalue weighted by atomic mass is 16.5. The maximum absolute atomic E-state index is 12.3. The van der Waals surface area contributed by atoms with Crippen LogP contribution in [0, 0.1) is 0 Å². The normalized spacial score (nSPS) is 19.9. The fourth-order valence-corrected chi connectivity index (χ4v) is 2.17. The van der Waals surface area contributed by atoms with Crippen LogP contribution < -0.4 is 5.73 Å². The number of nitrogens with zero attached hydrogens (tertiary/aromatic N) is 1. The minimum atomic E-state index is 0.0875. The van der Waals surface area contributed by atoms with Gasteiger partial charge in [0.25, 0.3) is 5.91 Å². The summed E-state index contributed by atoms with van der Waals surface area (Å²) in [5.74, 6) is 0.0875. The highest BCUT2D eigenvalue weighted by Crippen LogP contribution is 2.11. The molecule has 1 atom stereocenters. The number of carbonyl (C=O) groups excluding carboxylic acids is 1. The van der Waals surface area contributed by atoms with Gasteiger partial charge in [0.1, 0.15) is 0 Å². The van der Waals surface area contributed by atoms with Crippen LogP contribution >= 0.6 is 0 Å². The molecule has 18 heavy (non-hydrogen) atoms. The Labute approximate surface area is 108 Å². The van der Waals surface area contributed by atoms with E-state index in [1.54, 1.807) is 0 Å². The summed E-state index contributed by atoms with van der Waals surface area (Å²) in [6, 6.07) is 7.72. The van der Waals surface area contributed by atoms with Gasteiger partial charge in [-0.2, -0.15) is 0 Å². The van der Waals surface area contributed by atoms with Gasteiger partial charge in [0, 0.05) is 18.7 Å². The second-order valence-corrected chi connectivity index (χ2v) is 4.67. The molecule has 4 heteroatoms. The lowest BCUT2D eigenvalue weighted by molar-refractivity contribution is -0.0124. The Bertz CT molecular complexity index is 403. The summed E-state index contributed by atoms with van der Waals surface area (Å²) in [7, 11) is 0. The molecule has 1 heterocycles. The minimum absolute atomic E-state index is 0.0875. The Morgan fingerprint density at radius 3 is 2.78 bits per heavy atom. The van der Waals surface area contributed by atoms with Gasteiger partial charge >= 0.3 is 0 Å². The number of nitrogens with two attached hydrogens (primary N) is 1. The largest absolute Gasteiger partial charge is 0.375 e. The van der Waals surface area contributed by atoms with Crippen LogP contribution in [0.2, 0.25) is 0 Å². The first-order chi connectivity index (χ1) is 8.70. The first-order valence-electron chi connectivity index (χ1n) is 6.40. The number of benzene rings is 1. The van der Waals surface area contributed by atoms with Crippen molar-refractivity contribution in [2.24, 2.45) is 5.73 Å². The maximum atomic E-state index is 12.3. The summed E-state index contributed by atoms with van der Waals surface area (Å²) in [5, 5.41) is 0. The number of morpholine rings is 1. The van der Waals surface area contributed by atoms with Crippen LogP contribution in [0.4, 0.5) is 0 Å². The van der Waals surface area contributed by atoms with Gasteiger partial charge in [-0.3, -0.25) is 4.79 Å². The molecule has 0 radical (unpaired) electrons. The Morgan fingerprint density at radius 2 is 2.17 bits per heavy atom. The van der Waals surface area contributed by atoms with E-state index in [1.165, 1.54) is 5.56 Å². The second-order valence-electron chi connectivity index (χ2n) is 4.67. The minimum Gasteiger partial charge on any atom is -0.375 e. The highest BCUT2D eigenvalue weighted by Gasteiger charge is 2.22. The third kappa shape index (κ3) is 3.09. The van der Waals surface area contributed by atoms with Crippen LogP contribution in [0.1, 0.15) is 22.8 Å². The number of hydrogen-bond acceptors (Lipinski definition) is 3. The lowest BCUT2D eigenvalue weighted by Crippen LogP contribution is -2.44. The molecule has 0 saturated carbocycles. The molecule has 0 spiro atoms. The van der Waals surface area contributed by atoms with Gasteiger partial charge in [-0.25, -0.2) is 0 Å². The average molecular weight is 248 g/mol. The number of rotatable bonds is 3. The van der Waals surface area contributed by atoms with Crippen molar-refractivity contribution in [2.45, 2.75) is 19.4 Å². The van der Waals surface area contributed by atoms with E-state index in [0.29, 0.717) is 26.2 Å². The van der Waals surface area contributed by atoms with Gasteiger partial charge in [0.05, 0.1) is 12.7 Å². The maximum Gasteiger partial charge on any atom is 0.254 e. The topological polar surface area (TPSA) is 55.6 Å². The summed E-state index contributed by atoms with van der Waals surface area (Å²) >= 11 is 0. The molecule has 0 aromatic heterocycles. The summed E-state index contributed by atoms with van der Waals surface area (Å²) in [6.45, 7) is 4.59. The van der Waals surface area contributed by atoms with Gasteiger partial charge in [0.2, 0.25) is 0 Å². The van der Waals surface area contributed by atoms with Crippen LogP contribution in [0.15, 0.2) is 24.3 Å². The van der Waals surface area contributed by atoms with Crippen LogP contribution in [0.25, 0.3) is 0 Å². The smallest absolute Gasteiger partial charge is 0.254 e. The number of amides is 1. The van der Waals surface area contributed by atoms with Crippen molar-refractivity contribution in [1.29, 1.82) is 0 Å². The summed E-state index contributed by atoms with van der Waals surface area (Å²) in [4.78, 5) is 14.1. The van der Waals surface area contributed by atoms with E-state index in [9.17, 15) is 4.79 Å². The van der Waals surface area contributed by atoms with Crippen molar-refractivity contribution in [3.05, 3.63) is 35.4 Å². The molecule has 0 bridgehead atoms. The van der Waals surface area contributed by atoms with Crippen molar-refractivity contribution in [1.82, 2.24) is 4.90 Å². The molecule has 1 amide bonds. The SMILES string of the molecule is CC1CN(C(=O)c2ccc(CCN)cc2)CCO1. The Balaban J connectivity index is 2.03. The van der Waals surface area contributed by atoms with Crippen molar-refractivity contribution >= 4 is 5.91 Å². The summed E-state index contributed by atoms with van der Waals surface area (Å²) in [6.07, 6.45) is 0.975. The molecular formula is C14H20N2O2. The average Bonchev–Trinajstić information content (AvgIpc) is 2.39. The second kappa shape index (κ2) is 5.98. The molecule has 1 aliphatic rings.